The monoisotopic (exact) mass is 300 g/mol. The largest absolute Gasteiger partial charge is 0.422 e. The van der Waals surface area contributed by atoms with Crippen LogP contribution in [0.4, 0.5) is 0 Å². The predicted molar refractivity (Wildman–Crippen MR) is 85.2 cm³/mol. The Kier molecular flexibility index (Phi) is 3.98. The standard InChI is InChI=1S/C17H20N2O3/c1-3-18-6-8-19(9-7-18)16(20)14-11-13-10-12(2)4-5-15(13)22-17(14)21/h4-5,10-11H,3,6-9H2,1-2H3. The van der Waals surface area contributed by atoms with Crippen LogP contribution in [0, 0.1) is 6.92 Å². The van der Waals surface area contributed by atoms with Crippen LogP contribution in [-0.2, 0) is 0 Å². The summed E-state index contributed by atoms with van der Waals surface area (Å²) in [4.78, 5) is 28.7. The zero-order valence-corrected chi connectivity index (χ0v) is 13.0. The summed E-state index contributed by atoms with van der Waals surface area (Å²) in [5.74, 6) is -0.229. The van der Waals surface area contributed by atoms with Gasteiger partial charge in [0, 0.05) is 31.6 Å². The molecule has 1 aromatic heterocycles. The Hall–Kier alpha value is -2.14. The molecular weight excluding hydrogens is 280 g/mol. The molecule has 0 aliphatic carbocycles. The zero-order chi connectivity index (χ0) is 15.7. The maximum atomic E-state index is 12.6. The van der Waals surface area contributed by atoms with Crippen molar-refractivity contribution in [1.29, 1.82) is 0 Å². The Bertz CT molecular complexity index is 758. The van der Waals surface area contributed by atoms with Gasteiger partial charge in [0.05, 0.1) is 0 Å². The number of aryl methyl sites for hydroxylation is 1. The van der Waals surface area contributed by atoms with Crippen LogP contribution in [0.5, 0.6) is 0 Å². The van der Waals surface area contributed by atoms with Gasteiger partial charge in [-0.15, -0.1) is 0 Å². The number of carbonyl (C=O) groups excluding carboxylic acids is 1. The molecule has 1 aliphatic heterocycles. The second kappa shape index (κ2) is 5.93. The molecule has 0 atom stereocenters. The summed E-state index contributed by atoms with van der Waals surface area (Å²) >= 11 is 0. The summed E-state index contributed by atoms with van der Waals surface area (Å²) in [6.07, 6.45) is 0. The first-order valence-electron chi connectivity index (χ1n) is 7.64. The molecule has 5 heteroatoms. The molecule has 0 bridgehead atoms. The molecule has 1 saturated heterocycles. The van der Waals surface area contributed by atoms with E-state index in [1.165, 1.54) is 0 Å². The van der Waals surface area contributed by atoms with E-state index < -0.39 is 5.63 Å². The number of hydrogen-bond acceptors (Lipinski definition) is 4. The Balaban J connectivity index is 1.90. The van der Waals surface area contributed by atoms with Gasteiger partial charge in [-0.25, -0.2) is 4.79 Å². The normalized spacial score (nSPS) is 16.2. The molecule has 1 amide bonds. The maximum Gasteiger partial charge on any atom is 0.349 e. The molecule has 2 aromatic rings. The van der Waals surface area contributed by atoms with Crippen LogP contribution in [0.1, 0.15) is 22.8 Å². The summed E-state index contributed by atoms with van der Waals surface area (Å²) in [5, 5.41) is 0.787. The molecule has 0 saturated carbocycles. The molecule has 22 heavy (non-hydrogen) atoms. The highest BCUT2D eigenvalue weighted by Crippen LogP contribution is 2.16. The second-order valence-electron chi connectivity index (χ2n) is 5.72. The smallest absolute Gasteiger partial charge is 0.349 e. The third kappa shape index (κ3) is 2.76. The number of nitrogens with zero attached hydrogens (tertiary/aromatic N) is 2. The van der Waals surface area contributed by atoms with E-state index in [2.05, 4.69) is 11.8 Å². The number of fused-ring (bicyclic) bond motifs is 1. The number of carbonyl (C=O) groups is 1. The molecule has 0 unspecified atom stereocenters. The molecule has 0 radical (unpaired) electrons. The van der Waals surface area contributed by atoms with Gasteiger partial charge in [0.1, 0.15) is 11.1 Å². The van der Waals surface area contributed by atoms with Gasteiger partial charge in [-0.1, -0.05) is 18.6 Å². The average Bonchev–Trinajstić information content (AvgIpc) is 2.54. The third-order valence-corrected chi connectivity index (χ3v) is 4.22. The number of piperazine rings is 1. The van der Waals surface area contributed by atoms with Crippen molar-refractivity contribution >= 4 is 16.9 Å². The zero-order valence-electron chi connectivity index (χ0n) is 13.0. The molecule has 1 aliphatic rings. The lowest BCUT2D eigenvalue weighted by atomic mass is 10.1. The Morgan fingerprint density at radius 1 is 1.18 bits per heavy atom. The van der Waals surface area contributed by atoms with E-state index in [1.54, 1.807) is 17.0 Å². The van der Waals surface area contributed by atoms with Crippen LogP contribution in [0.3, 0.4) is 0 Å². The van der Waals surface area contributed by atoms with Crippen LogP contribution < -0.4 is 5.63 Å². The summed E-state index contributed by atoms with van der Waals surface area (Å²) in [7, 11) is 0. The Morgan fingerprint density at radius 2 is 1.91 bits per heavy atom. The topological polar surface area (TPSA) is 53.8 Å². The van der Waals surface area contributed by atoms with Crippen molar-refractivity contribution in [3.63, 3.8) is 0 Å². The number of likely N-dealkylation sites (N-methyl/N-ethyl adjacent to an activating group) is 1. The van der Waals surface area contributed by atoms with Crippen molar-refractivity contribution in [2.24, 2.45) is 0 Å². The molecule has 5 nitrogen and oxygen atoms in total. The Morgan fingerprint density at radius 3 is 2.59 bits per heavy atom. The molecule has 3 rings (SSSR count). The molecule has 0 N–H and O–H groups in total. The first-order valence-corrected chi connectivity index (χ1v) is 7.64. The fraction of sp³-hybridized carbons (Fsp3) is 0.412. The number of hydrogen-bond donors (Lipinski definition) is 0. The number of benzene rings is 1. The van der Waals surface area contributed by atoms with Crippen LogP contribution >= 0.6 is 0 Å². The number of amides is 1. The van der Waals surface area contributed by atoms with Gasteiger partial charge in [-0.2, -0.15) is 0 Å². The van der Waals surface area contributed by atoms with Gasteiger partial charge in [0.15, 0.2) is 0 Å². The summed E-state index contributed by atoms with van der Waals surface area (Å²) < 4.78 is 5.29. The summed E-state index contributed by atoms with van der Waals surface area (Å²) in [5.41, 5.74) is 1.15. The van der Waals surface area contributed by atoms with Crippen LogP contribution in [-0.4, -0.2) is 48.4 Å². The highest BCUT2D eigenvalue weighted by atomic mass is 16.4. The fourth-order valence-electron chi connectivity index (χ4n) is 2.83. The van der Waals surface area contributed by atoms with Gasteiger partial charge in [0.25, 0.3) is 5.91 Å². The van der Waals surface area contributed by atoms with E-state index in [4.69, 9.17) is 4.42 Å². The van der Waals surface area contributed by atoms with Gasteiger partial charge < -0.3 is 14.2 Å². The van der Waals surface area contributed by atoms with Crippen molar-refractivity contribution in [3.8, 4) is 0 Å². The van der Waals surface area contributed by atoms with Crippen LogP contribution in [0.25, 0.3) is 11.0 Å². The SMILES string of the molecule is CCN1CCN(C(=O)c2cc3cc(C)ccc3oc2=O)CC1. The third-order valence-electron chi connectivity index (χ3n) is 4.22. The molecule has 1 fully saturated rings. The minimum Gasteiger partial charge on any atom is -0.422 e. The van der Waals surface area contributed by atoms with E-state index in [0.717, 1.165) is 30.6 Å². The highest BCUT2D eigenvalue weighted by Gasteiger charge is 2.24. The van der Waals surface area contributed by atoms with Crippen molar-refractivity contribution in [2.45, 2.75) is 13.8 Å². The van der Waals surface area contributed by atoms with E-state index in [0.29, 0.717) is 18.7 Å². The predicted octanol–water partition coefficient (Wildman–Crippen LogP) is 1.88. The first-order chi connectivity index (χ1) is 10.6. The fourth-order valence-corrected chi connectivity index (χ4v) is 2.83. The molecule has 1 aromatic carbocycles. The van der Waals surface area contributed by atoms with E-state index in [1.807, 2.05) is 19.1 Å². The lowest BCUT2D eigenvalue weighted by Gasteiger charge is -2.33. The van der Waals surface area contributed by atoms with Crippen molar-refractivity contribution in [2.75, 3.05) is 32.7 Å². The van der Waals surface area contributed by atoms with Crippen molar-refractivity contribution in [3.05, 3.63) is 45.8 Å². The summed E-state index contributed by atoms with van der Waals surface area (Å²) in [6.45, 7) is 8.06. The molecule has 116 valence electrons. The molecular formula is C17H20N2O3. The first kappa shape index (κ1) is 14.8. The number of rotatable bonds is 2. The van der Waals surface area contributed by atoms with E-state index >= 15 is 0 Å². The van der Waals surface area contributed by atoms with Gasteiger partial charge in [0.2, 0.25) is 0 Å². The lowest BCUT2D eigenvalue weighted by Crippen LogP contribution is -2.49. The maximum absolute atomic E-state index is 12.6. The quantitative estimate of drug-likeness (QED) is 0.795. The van der Waals surface area contributed by atoms with Gasteiger partial charge in [-0.05, 0) is 31.7 Å². The average molecular weight is 300 g/mol. The van der Waals surface area contributed by atoms with Crippen LogP contribution in [0.15, 0.2) is 33.5 Å². The Labute approximate surface area is 129 Å². The highest BCUT2D eigenvalue weighted by molar-refractivity contribution is 5.96. The van der Waals surface area contributed by atoms with Crippen molar-refractivity contribution in [1.82, 2.24) is 9.80 Å². The van der Waals surface area contributed by atoms with Crippen LogP contribution in [0.2, 0.25) is 0 Å². The van der Waals surface area contributed by atoms with Gasteiger partial charge >= 0.3 is 5.63 Å². The van der Waals surface area contributed by atoms with Crippen molar-refractivity contribution < 1.29 is 9.21 Å². The van der Waals surface area contributed by atoms with E-state index in [-0.39, 0.29) is 11.5 Å². The summed E-state index contributed by atoms with van der Waals surface area (Å²) in [6, 6.07) is 7.23. The lowest BCUT2D eigenvalue weighted by molar-refractivity contribution is 0.0639. The molecule has 2 heterocycles. The van der Waals surface area contributed by atoms with E-state index in [9.17, 15) is 9.59 Å². The second-order valence-corrected chi connectivity index (χ2v) is 5.72. The minimum atomic E-state index is -0.556. The molecule has 0 spiro atoms. The van der Waals surface area contributed by atoms with Gasteiger partial charge in [-0.3, -0.25) is 4.79 Å². The minimum absolute atomic E-state index is 0.128.